The first-order chi connectivity index (χ1) is 15.0. The highest BCUT2D eigenvalue weighted by Crippen LogP contribution is 2.24. The summed E-state index contributed by atoms with van der Waals surface area (Å²) in [6.45, 7) is 9.41. The van der Waals surface area contributed by atoms with Gasteiger partial charge in [0.25, 0.3) is 0 Å². The third-order valence-electron chi connectivity index (χ3n) is 5.04. The lowest BCUT2D eigenvalue weighted by Crippen LogP contribution is -2.25. The summed E-state index contributed by atoms with van der Waals surface area (Å²) in [6.07, 6.45) is 4.21. The second kappa shape index (κ2) is 8.88. The first kappa shape index (κ1) is 20.4. The molecule has 1 aromatic carbocycles. The van der Waals surface area contributed by atoms with Gasteiger partial charge in [0, 0.05) is 24.8 Å². The van der Waals surface area contributed by atoms with Crippen LogP contribution in [-0.2, 0) is 0 Å². The molecule has 8 heteroatoms. The van der Waals surface area contributed by atoms with E-state index in [1.165, 1.54) is 18.5 Å². The second-order valence-electron chi connectivity index (χ2n) is 7.08. The number of H-pyrrole nitrogens is 1. The van der Waals surface area contributed by atoms with Crippen LogP contribution in [0.25, 0.3) is 11.0 Å². The maximum Gasteiger partial charge on any atom is 0.200 e. The molecule has 158 valence electrons. The number of allylic oxidation sites excluding steroid dienone is 1. The van der Waals surface area contributed by atoms with E-state index in [4.69, 9.17) is 4.74 Å². The average molecular weight is 421 g/mol. The maximum absolute atomic E-state index is 13.6. The number of benzene rings is 1. The van der Waals surface area contributed by atoms with Gasteiger partial charge in [-0.3, -0.25) is 0 Å². The van der Waals surface area contributed by atoms with Crippen LogP contribution in [0.5, 0.6) is 5.75 Å². The Labute approximate surface area is 178 Å². The van der Waals surface area contributed by atoms with Gasteiger partial charge in [0.2, 0.25) is 5.82 Å². The molecule has 6 nitrogen and oxygen atoms in total. The Hall–Kier alpha value is -3.86. The lowest BCUT2D eigenvalue weighted by molar-refractivity contribution is 0.338. The normalized spacial score (nSPS) is 15.4. The molecule has 4 rings (SSSR count). The Morgan fingerprint density at radius 1 is 1.39 bits per heavy atom. The minimum absolute atomic E-state index is 0.0857. The minimum Gasteiger partial charge on any atom is -0.478 e. The number of halogens is 2. The quantitative estimate of drug-likeness (QED) is 0.468. The van der Waals surface area contributed by atoms with Gasteiger partial charge in [-0.05, 0) is 36.6 Å². The first-order valence-corrected chi connectivity index (χ1v) is 9.77. The summed E-state index contributed by atoms with van der Waals surface area (Å²) in [5.74, 6) is 4.27. The largest absolute Gasteiger partial charge is 0.478 e. The number of aromatic nitrogens is 3. The predicted molar refractivity (Wildman–Crippen MR) is 116 cm³/mol. The van der Waals surface area contributed by atoms with Gasteiger partial charge in [-0.15, -0.1) is 0 Å². The van der Waals surface area contributed by atoms with Crippen molar-refractivity contribution in [2.45, 2.75) is 12.5 Å². The van der Waals surface area contributed by atoms with Gasteiger partial charge in [0.1, 0.15) is 24.4 Å². The summed E-state index contributed by atoms with van der Waals surface area (Å²) < 4.78 is 32.0. The summed E-state index contributed by atoms with van der Waals surface area (Å²) in [5, 5.41) is 4.29. The van der Waals surface area contributed by atoms with Gasteiger partial charge in [-0.25, -0.2) is 14.4 Å². The molecule has 0 radical (unpaired) electrons. The number of nitrogens with zero attached hydrogens (tertiary/aromatic N) is 3. The molecule has 2 aromatic heterocycles. The van der Waals surface area contributed by atoms with Crippen LogP contribution in [0.3, 0.4) is 0 Å². The highest BCUT2D eigenvalue weighted by molar-refractivity contribution is 5.88. The fraction of sp³-hybridized carbons (Fsp3) is 0.217. The molecule has 3 aromatic rings. The summed E-state index contributed by atoms with van der Waals surface area (Å²) in [5.41, 5.74) is 2.19. The Bertz CT molecular complexity index is 1190. The smallest absolute Gasteiger partial charge is 0.200 e. The monoisotopic (exact) mass is 421 g/mol. The van der Waals surface area contributed by atoms with Crippen LogP contribution in [0.4, 0.5) is 14.6 Å². The van der Waals surface area contributed by atoms with Gasteiger partial charge in [0.05, 0.1) is 11.1 Å². The molecule has 2 N–H and O–H groups in total. The molecule has 0 spiro atoms. The van der Waals surface area contributed by atoms with Crippen molar-refractivity contribution < 1.29 is 13.5 Å². The van der Waals surface area contributed by atoms with Gasteiger partial charge in [0.15, 0.2) is 11.6 Å². The predicted octanol–water partition coefficient (Wildman–Crippen LogP) is 3.85. The van der Waals surface area contributed by atoms with Crippen LogP contribution in [0.15, 0.2) is 55.5 Å². The average Bonchev–Trinajstić information content (AvgIpc) is 3.41. The molecule has 0 amide bonds. The number of ether oxygens (including phenoxy) is 1. The molecule has 1 fully saturated rings. The number of fused-ring (bicyclic) bond motifs is 1. The Morgan fingerprint density at radius 2 is 2.26 bits per heavy atom. The first-order valence-electron chi connectivity index (χ1n) is 9.77. The summed E-state index contributed by atoms with van der Waals surface area (Å²) >= 11 is 0. The van der Waals surface area contributed by atoms with Crippen molar-refractivity contribution in [3.8, 4) is 17.6 Å². The van der Waals surface area contributed by atoms with Crippen LogP contribution in [-0.4, -0.2) is 45.6 Å². The summed E-state index contributed by atoms with van der Waals surface area (Å²) in [6, 6.07) is 5.84. The van der Waals surface area contributed by atoms with E-state index in [9.17, 15) is 8.78 Å². The van der Waals surface area contributed by atoms with Crippen LogP contribution in [0, 0.1) is 23.5 Å². The molecule has 1 atom stereocenters. The van der Waals surface area contributed by atoms with Crippen molar-refractivity contribution in [1.82, 2.24) is 19.9 Å². The molecule has 1 aliphatic rings. The third kappa shape index (κ3) is 4.51. The third-order valence-corrected chi connectivity index (χ3v) is 5.04. The van der Waals surface area contributed by atoms with E-state index in [1.807, 2.05) is 6.07 Å². The van der Waals surface area contributed by atoms with Crippen molar-refractivity contribution in [3.63, 3.8) is 0 Å². The standard InChI is InChI=1S/C23H21F2N5O/c1-3-15(2)30-10-9-17(13-30)29-23-18-12-16(28-22(18)26-14-27-23)6-5-11-31-20-8-4-7-19(24)21(20)25/h3-4,7-8,12,14,17H,1-2,9-11,13H2,(H2,26,27,28,29)/t17-/m1/s1. The van der Waals surface area contributed by atoms with E-state index in [0.717, 1.165) is 42.5 Å². The Morgan fingerprint density at radius 3 is 3.10 bits per heavy atom. The van der Waals surface area contributed by atoms with E-state index >= 15 is 0 Å². The Balaban J connectivity index is 1.43. The van der Waals surface area contributed by atoms with Gasteiger partial charge >= 0.3 is 0 Å². The molecule has 0 aliphatic carbocycles. The topological polar surface area (TPSA) is 66.1 Å². The molecule has 1 saturated heterocycles. The van der Waals surface area contributed by atoms with Crippen LogP contribution < -0.4 is 10.1 Å². The molecule has 0 bridgehead atoms. The zero-order valence-corrected chi connectivity index (χ0v) is 16.8. The number of nitrogens with one attached hydrogen (secondary N) is 2. The van der Waals surface area contributed by atoms with Crippen molar-refractivity contribution in [1.29, 1.82) is 0 Å². The number of aromatic amines is 1. The highest BCUT2D eigenvalue weighted by atomic mass is 19.2. The van der Waals surface area contributed by atoms with E-state index in [0.29, 0.717) is 11.3 Å². The molecule has 0 saturated carbocycles. The number of anilines is 1. The molecule has 0 unspecified atom stereocenters. The van der Waals surface area contributed by atoms with E-state index in [-0.39, 0.29) is 18.4 Å². The van der Waals surface area contributed by atoms with E-state index < -0.39 is 11.6 Å². The zero-order chi connectivity index (χ0) is 21.8. The van der Waals surface area contributed by atoms with Crippen LogP contribution in [0.1, 0.15) is 12.1 Å². The van der Waals surface area contributed by atoms with Gasteiger partial charge in [-0.2, -0.15) is 4.39 Å². The SMILES string of the molecule is C=CC(=C)N1CC[C@@H](Nc2ncnc3[nH]c(C#CCOc4cccc(F)c4F)cc23)C1. The lowest BCUT2D eigenvalue weighted by atomic mass is 10.2. The summed E-state index contributed by atoms with van der Waals surface area (Å²) in [7, 11) is 0. The van der Waals surface area contributed by atoms with E-state index in [2.05, 4.69) is 50.2 Å². The highest BCUT2D eigenvalue weighted by Gasteiger charge is 2.23. The fourth-order valence-corrected chi connectivity index (χ4v) is 3.42. The molecular formula is C23H21F2N5O. The van der Waals surface area contributed by atoms with Crippen LogP contribution >= 0.6 is 0 Å². The van der Waals surface area contributed by atoms with Crippen molar-refractivity contribution in [3.05, 3.63) is 72.9 Å². The van der Waals surface area contributed by atoms with Crippen LogP contribution in [0.2, 0.25) is 0 Å². The number of hydrogen-bond acceptors (Lipinski definition) is 5. The molecule has 1 aliphatic heterocycles. The number of likely N-dealkylation sites (tertiary alicyclic amines) is 1. The molecule has 3 heterocycles. The minimum atomic E-state index is -1.02. The Kier molecular flexibility index (Phi) is 5.85. The van der Waals surface area contributed by atoms with Gasteiger partial charge in [-0.1, -0.05) is 25.1 Å². The molecular weight excluding hydrogens is 400 g/mol. The van der Waals surface area contributed by atoms with Crippen molar-refractivity contribution >= 4 is 16.9 Å². The second-order valence-corrected chi connectivity index (χ2v) is 7.08. The van der Waals surface area contributed by atoms with E-state index in [1.54, 1.807) is 6.08 Å². The lowest BCUT2D eigenvalue weighted by Gasteiger charge is -2.19. The molecule has 31 heavy (non-hydrogen) atoms. The van der Waals surface area contributed by atoms with Gasteiger partial charge < -0.3 is 19.9 Å². The van der Waals surface area contributed by atoms with Crippen molar-refractivity contribution in [2.75, 3.05) is 25.0 Å². The maximum atomic E-state index is 13.6. The number of hydrogen-bond donors (Lipinski definition) is 2. The summed E-state index contributed by atoms with van der Waals surface area (Å²) in [4.78, 5) is 13.9. The fourth-order valence-electron chi connectivity index (χ4n) is 3.42. The zero-order valence-electron chi connectivity index (χ0n) is 16.8. The van der Waals surface area contributed by atoms with Crippen molar-refractivity contribution in [2.24, 2.45) is 0 Å². The number of rotatable bonds is 6.